The molecule has 3 N–H and O–H groups in total. The van der Waals surface area contributed by atoms with Gasteiger partial charge in [-0.05, 0) is 62.9 Å². The van der Waals surface area contributed by atoms with Crippen LogP contribution in [0, 0.1) is 28.8 Å². The summed E-state index contributed by atoms with van der Waals surface area (Å²) in [5.41, 5.74) is 6.66. The third kappa shape index (κ3) is 5.11. The summed E-state index contributed by atoms with van der Waals surface area (Å²) in [6.07, 6.45) is 5.65. The highest BCUT2D eigenvalue weighted by molar-refractivity contribution is 5.99. The lowest BCUT2D eigenvalue weighted by Gasteiger charge is -2.37. The molecule has 1 unspecified atom stereocenters. The van der Waals surface area contributed by atoms with Crippen molar-refractivity contribution in [2.24, 2.45) is 0 Å². The number of halogens is 3. The molecule has 44 heavy (non-hydrogen) atoms. The zero-order chi connectivity index (χ0) is 31.0. The summed E-state index contributed by atoms with van der Waals surface area (Å²) in [5, 5.41) is 17.9. The number of nitrogen functional groups attached to an aromatic ring is 1. The molecule has 1 aliphatic heterocycles. The van der Waals surface area contributed by atoms with E-state index in [0.29, 0.717) is 36.1 Å². The molecule has 1 aliphatic carbocycles. The lowest BCUT2D eigenvalue weighted by molar-refractivity contribution is -0.133. The van der Waals surface area contributed by atoms with Crippen molar-refractivity contribution in [3.63, 3.8) is 0 Å². The van der Waals surface area contributed by atoms with Gasteiger partial charge in [-0.25, -0.2) is 23.4 Å². The molecule has 1 atom stereocenters. The van der Waals surface area contributed by atoms with Crippen LogP contribution in [0.25, 0.3) is 22.3 Å². The van der Waals surface area contributed by atoms with Gasteiger partial charge in [0, 0.05) is 35.4 Å². The Labute approximate surface area is 250 Å². The summed E-state index contributed by atoms with van der Waals surface area (Å²) in [7, 11) is 0. The number of piperidine rings is 1. The number of nitrogens with zero attached hydrogens (tertiary/aromatic N) is 6. The number of likely N-dealkylation sites (N-methyl/N-ethyl adjacent to an activating group) is 1. The molecular weight excluding hydrogens is 573 g/mol. The molecule has 2 aliphatic rings. The van der Waals surface area contributed by atoms with E-state index in [1.807, 2.05) is 13.0 Å². The minimum Gasteiger partial charge on any atom is -0.454 e. The van der Waals surface area contributed by atoms with Crippen LogP contribution in [0.4, 0.5) is 19.0 Å². The molecular formula is C31H29F3N8O2. The van der Waals surface area contributed by atoms with E-state index in [2.05, 4.69) is 15.3 Å². The van der Waals surface area contributed by atoms with Crippen molar-refractivity contribution in [1.29, 1.82) is 5.26 Å². The average molecular weight is 603 g/mol. The molecule has 2 fully saturated rings. The number of nitrogens with one attached hydrogen (secondary N) is 1. The van der Waals surface area contributed by atoms with E-state index in [9.17, 15) is 18.8 Å². The van der Waals surface area contributed by atoms with Crippen LogP contribution >= 0.6 is 0 Å². The Kier molecular flexibility index (Phi) is 7.69. The first-order valence-corrected chi connectivity index (χ1v) is 14.3. The number of hydrogen-bond acceptors (Lipinski definition) is 8. The van der Waals surface area contributed by atoms with Crippen LogP contribution in [0.5, 0.6) is 11.5 Å². The Morgan fingerprint density at radius 3 is 2.75 bits per heavy atom. The lowest BCUT2D eigenvalue weighted by Crippen LogP contribution is -2.47. The van der Waals surface area contributed by atoms with Crippen molar-refractivity contribution in [1.82, 2.24) is 30.0 Å². The van der Waals surface area contributed by atoms with Crippen molar-refractivity contribution >= 4 is 22.8 Å². The quantitative estimate of drug-likeness (QED) is 0.203. The van der Waals surface area contributed by atoms with Crippen LogP contribution in [0.3, 0.4) is 0 Å². The van der Waals surface area contributed by atoms with Crippen molar-refractivity contribution in [2.45, 2.75) is 50.7 Å². The fourth-order valence-corrected chi connectivity index (χ4v) is 5.87. The molecule has 1 saturated carbocycles. The zero-order valence-electron chi connectivity index (χ0n) is 23.9. The number of allylic oxidation sites excluding steroid dienone is 1. The molecule has 1 saturated heterocycles. The van der Waals surface area contributed by atoms with Gasteiger partial charge in [0.1, 0.15) is 35.6 Å². The topological polar surface area (TPSA) is 135 Å². The number of carbonyl (C=O) groups excluding carboxylic acids is 1. The maximum absolute atomic E-state index is 15.6. The molecule has 0 bridgehead atoms. The molecule has 2 aromatic carbocycles. The number of anilines is 1. The van der Waals surface area contributed by atoms with Gasteiger partial charge in [0.05, 0.1) is 11.5 Å². The van der Waals surface area contributed by atoms with Gasteiger partial charge in [-0.2, -0.15) is 14.8 Å². The van der Waals surface area contributed by atoms with Gasteiger partial charge in [-0.3, -0.25) is 4.79 Å². The number of likely N-dealkylation sites (tertiary alicyclic amines) is 1. The molecule has 1 amide bonds. The van der Waals surface area contributed by atoms with Crippen LogP contribution in [0.15, 0.2) is 54.4 Å². The zero-order valence-corrected chi connectivity index (χ0v) is 23.9. The second-order valence-electron chi connectivity index (χ2n) is 10.8. The van der Waals surface area contributed by atoms with E-state index in [4.69, 9.17) is 15.6 Å². The Balaban J connectivity index is 1.39. The van der Waals surface area contributed by atoms with Gasteiger partial charge < -0.3 is 20.7 Å². The minimum atomic E-state index is -1.19. The maximum Gasteiger partial charge on any atom is 0.254 e. The molecule has 226 valence electrons. The predicted octanol–water partition coefficient (Wildman–Crippen LogP) is 5.39. The number of fused-ring (bicyclic) bond motifs is 1. The van der Waals surface area contributed by atoms with Crippen LogP contribution in [0.2, 0.25) is 0 Å². The smallest absolute Gasteiger partial charge is 0.254 e. The number of ether oxygens (including phenoxy) is 1. The van der Waals surface area contributed by atoms with Gasteiger partial charge in [-0.1, -0.05) is 13.0 Å². The van der Waals surface area contributed by atoms with E-state index in [1.165, 1.54) is 36.7 Å². The average Bonchev–Trinajstić information content (AvgIpc) is 3.69. The van der Waals surface area contributed by atoms with Gasteiger partial charge in [-0.15, -0.1) is 0 Å². The van der Waals surface area contributed by atoms with E-state index in [0.717, 1.165) is 37.8 Å². The number of nitriles is 1. The Morgan fingerprint density at radius 2 is 2.02 bits per heavy atom. The monoisotopic (exact) mass is 602 g/mol. The Hall–Kier alpha value is -4.96. The van der Waals surface area contributed by atoms with Crippen LogP contribution in [0.1, 0.15) is 45.2 Å². The summed E-state index contributed by atoms with van der Waals surface area (Å²) >= 11 is 0. The molecule has 2 aromatic heterocycles. The fraction of sp³-hybridized carbons (Fsp3) is 0.323. The van der Waals surface area contributed by atoms with Crippen molar-refractivity contribution in [3.8, 4) is 28.8 Å². The lowest BCUT2D eigenvalue weighted by atomic mass is 10.00. The van der Waals surface area contributed by atoms with Gasteiger partial charge in [0.15, 0.2) is 17.2 Å². The first-order chi connectivity index (χ1) is 21.3. The van der Waals surface area contributed by atoms with Gasteiger partial charge >= 0.3 is 0 Å². The SMILES string of the molecule is CCNC1(C(=CC#N)C(=O)N2CCCCC2n2nc(-c3ccc(Oc4cccc(F)c4F)cc3F)c3c(N)ncnc32)CC1. The third-order valence-corrected chi connectivity index (χ3v) is 8.09. The number of benzene rings is 2. The standard InChI is InChI=1S/C31H29F3N8O2/c1-2-39-31(12-13-31)20(11-14-35)30(43)41-15-4-3-8-24(41)42-29-25(28(36)37-17-38-29)27(40-42)19-10-9-18(16-22(19)33)44-23-7-5-6-21(32)26(23)34/h5-7,9-11,16-17,24,39H,2-4,8,12-13,15H2,1H3,(H2,36,37,38). The van der Waals surface area contributed by atoms with E-state index in [1.54, 1.807) is 9.58 Å². The summed E-state index contributed by atoms with van der Waals surface area (Å²) in [6.45, 7) is 3.04. The van der Waals surface area contributed by atoms with Crippen LogP contribution < -0.4 is 15.8 Å². The van der Waals surface area contributed by atoms with Crippen LogP contribution in [-0.4, -0.2) is 49.2 Å². The largest absolute Gasteiger partial charge is 0.454 e. The minimum absolute atomic E-state index is 0.0464. The van der Waals surface area contributed by atoms with E-state index < -0.39 is 34.9 Å². The van der Waals surface area contributed by atoms with E-state index in [-0.39, 0.29) is 28.7 Å². The maximum atomic E-state index is 15.6. The summed E-state index contributed by atoms with van der Waals surface area (Å²) < 4.78 is 50.4. The third-order valence-electron chi connectivity index (χ3n) is 8.09. The van der Waals surface area contributed by atoms with Gasteiger partial charge in [0.2, 0.25) is 5.82 Å². The highest BCUT2D eigenvalue weighted by Crippen LogP contribution is 2.44. The Morgan fingerprint density at radius 1 is 1.20 bits per heavy atom. The fourth-order valence-electron chi connectivity index (χ4n) is 5.87. The molecule has 4 aromatic rings. The molecule has 10 nitrogen and oxygen atoms in total. The predicted molar refractivity (Wildman–Crippen MR) is 156 cm³/mol. The summed E-state index contributed by atoms with van der Waals surface area (Å²) in [5.74, 6) is -3.68. The molecule has 6 rings (SSSR count). The van der Waals surface area contributed by atoms with Crippen molar-refractivity contribution in [2.75, 3.05) is 18.8 Å². The van der Waals surface area contributed by atoms with Crippen molar-refractivity contribution < 1.29 is 22.7 Å². The normalized spacial score (nSPS) is 17.8. The number of aromatic nitrogens is 4. The first kappa shape index (κ1) is 29.1. The molecule has 0 radical (unpaired) electrons. The Bertz CT molecular complexity index is 1830. The van der Waals surface area contributed by atoms with Gasteiger partial charge in [0.25, 0.3) is 5.91 Å². The van der Waals surface area contributed by atoms with Crippen LogP contribution in [-0.2, 0) is 4.79 Å². The van der Waals surface area contributed by atoms with E-state index >= 15 is 4.39 Å². The molecule has 3 heterocycles. The second-order valence-corrected chi connectivity index (χ2v) is 10.8. The molecule has 13 heteroatoms. The second kappa shape index (κ2) is 11.6. The summed E-state index contributed by atoms with van der Waals surface area (Å²) in [4.78, 5) is 24.3. The highest BCUT2D eigenvalue weighted by atomic mass is 19.2. The first-order valence-electron chi connectivity index (χ1n) is 14.3. The number of nitrogens with two attached hydrogens (primary N) is 1. The number of hydrogen-bond donors (Lipinski definition) is 2. The highest BCUT2D eigenvalue weighted by Gasteiger charge is 2.50. The summed E-state index contributed by atoms with van der Waals surface area (Å²) in [6, 6.07) is 9.34. The number of amides is 1. The number of carbonyl (C=O) groups is 1. The number of rotatable bonds is 8. The molecule has 0 spiro atoms. The van der Waals surface area contributed by atoms with Crippen molar-refractivity contribution in [3.05, 3.63) is 71.8 Å².